The molecule has 0 saturated heterocycles. The third-order valence-electron chi connectivity index (χ3n) is 13.8. The third kappa shape index (κ3) is 13.0. The van der Waals surface area contributed by atoms with Crippen molar-refractivity contribution < 1.29 is 19.7 Å². The zero-order chi connectivity index (χ0) is 54.4. The molecule has 2 atom stereocenters. The molecule has 0 unspecified atom stereocenters. The van der Waals surface area contributed by atoms with Gasteiger partial charge in [0.05, 0.1) is 43.2 Å². The number of anilines is 2. The van der Waals surface area contributed by atoms with E-state index in [1.165, 1.54) is 46.5 Å². The highest BCUT2D eigenvalue weighted by molar-refractivity contribution is 6.10. The SMILES string of the molecule is O=[N+]([O-])c1ccc(N/N=C2\C[C@@H](c3ccccc3)C\C2=C(\Cc2ccccc2)c2ccccc2)c([N+](=O)[O-])c1.O=[N+]([O-])c1ccc(N/N=C2\C[C@@H](c3ccccc3)C\C2=C(\Cc2ccccc2)c2ccccc2)c([N+](=O)[O-])c1. The molecule has 8 aromatic carbocycles. The number of non-ortho nitro benzene ring substituents is 2. The van der Waals surface area contributed by atoms with Crippen molar-refractivity contribution in [3.8, 4) is 0 Å². The van der Waals surface area contributed by atoms with Crippen LogP contribution in [0, 0.1) is 40.5 Å². The van der Waals surface area contributed by atoms with Gasteiger partial charge in [-0.3, -0.25) is 51.3 Å². The van der Waals surface area contributed by atoms with Crippen LogP contribution in [0.15, 0.2) is 240 Å². The average molecular weight is 1040 g/mol. The number of nitrogens with one attached hydrogen (secondary N) is 2. The van der Waals surface area contributed by atoms with Crippen molar-refractivity contribution >= 4 is 56.7 Å². The van der Waals surface area contributed by atoms with Gasteiger partial charge in [0.1, 0.15) is 11.4 Å². The molecule has 0 spiro atoms. The lowest BCUT2D eigenvalue weighted by atomic mass is 9.91. The molecule has 8 aromatic rings. The molecule has 0 amide bonds. The van der Waals surface area contributed by atoms with Gasteiger partial charge in [-0.15, -0.1) is 0 Å². The van der Waals surface area contributed by atoms with Crippen LogP contribution in [-0.4, -0.2) is 31.1 Å². The van der Waals surface area contributed by atoms with Gasteiger partial charge in [0.25, 0.3) is 11.4 Å². The average Bonchev–Trinajstić information content (AvgIpc) is 4.15. The standard InChI is InChI=1S/2C31H26N4O4/c2*36-34(37)26-16-17-29(31(21-26)35(38)39)32-33-30-20-25(23-12-6-2-7-13-23)19-28(30)27(24-14-8-3-9-15-24)18-22-10-4-1-5-11-22/h2*1-17,21,25,32H,18-20H2/b2*28-27+,33-30+/t2*25-/m00/s1. The van der Waals surface area contributed by atoms with Gasteiger partial charge in [0.15, 0.2) is 0 Å². The fourth-order valence-electron chi connectivity index (χ4n) is 9.99. The van der Waals surface area contributed by atoms with Gasteiger partial charge in [0.2, 0.25) is 0 Å². The Bertz CT molecular complexity index is 3340. The highest BCUT2D eigenvalue weighted by Crippen LogP contribution is 2.43. The molecule has 2 aliphatic rings. The van der Waals surface area contributed by atoms with E-state index in [1.54, 1.807) is 0 Å². The van der Waals surface area contributed by atoms with E-state index in [2.05, 4.69) is 83.6 Å². The molecule has 0 aliphatic heterocycles. The zero-order valence-corrected chi connectivity index (χ0v) is 42.1. The van der Waals surface area contributed by atoms with Crippen molar-refractivity contribution in [2.24, 2.45) is 10.2 Å². The summed E-state index contributed by atoms with van der Waals surface area (Å²) in [4.78, 5) is 43.1. The number of hydrazone groups is 2. The molecule has 2 N–H and O–H groups in total. The highest BCUT2D eigenvalue weighted by Gasteiger charge is 2.32. The van der Waals surface area contributed by atoms with Crippen LogP contribution in [0.25, 0.3) is 11.1 Å². The molecule has 0 radical (unpaired) electrons. The van der Waals surface area contributed by atoms with Gasteiger partial charge in [-0.1, -0.05) is 182 Å². The molecule has 2 saturated carbocycles. The molecule has 16 nitrogen and oxygen atoms in total. The summed E-state index contributed by atoms with van der Waals surface area (Å²) in [6, 6.07) is 68.4. The van der Waals surface area contributed by atoms with Gasteiger partial charge >= 0.3 is 11.4 Å². The zero-order valence-electron chi connectivity index (χ0n) is 42.1. The number of benzene rings is 8. The van der Waals surface area contributed by atoms with E-state index in [0.29, 0.717) is 25.7 Å². The Morgan fingerprint density at radius 2 is 0.718 bits per heavy atom. The second kappa shape index (κ2) is 24.9. The second-order valence-corrected chi connectivity index (χ2v) is 18.8. The third-order valence-corrected chi connectivity index (χ3v) is 13.8. The van der Waals surface area contributed by atoms with Crippen LogP contribution in [0.5, 0.6) is 0 Å². The maximum atomic E-state index is 11.7. The van der Waals surface area contributed by atoms with Crippen LogP contribution in [-0.2, 0) is 12.8 Å². The number of rotatable bonds is 16. The first-order chi connectivity index (χ1) is 38.0. The smallest absolute Gasteiger partial charge is 0.271 e. The molecule has 388 valence electrons. The first-order valence-electron chi connectivity index (χ1n) is 25.2. The van der Waals surface area contributed by atoms with Crippen LogP contribution in [0.1, 0.15) is 70.9 Å². The lowest BCUT2D eigenvalue weighted by Gasteiger charge is -2.14. The van der Waals surface area contributed by atoms with E-state index in [0.717, 1.165) is 69.8 Å². The van der Waals surface area contributed by atoms with Gasteiger partial charge in [-0.05, 0) is 118 Å². The van der Waals surface area contributed by atoms with E-state index in [1.807, 2.05) is 109 Å². The molecule has 2 aliphatic carbocycles. The van der Waals surface area contributed by atoms with Gasteiger partial charge in [0, 0.05) is 12.1 Å². The normalized spacial score (nSPS) is 17.1. The topological polar surface area (TPSA) is 221 Å². The van der Waals surface area contributed by atoms with Crippen LogP contribution in [0.2, 0.25) is 0 Å². The van der Waals surface area contributed by atoms with Gasteiger partial charge < -0.3 is 0 Å². The minimum Gasteiger partial charge on any atom is -0.271 e. The lowest BCUT2D eigenvalue weighted by molar-refractivity contribution is -0.393. The van der Waals surface area contributed by atoms with E-state index >= 15 is 0 Å². The van der Waals surface area contributed by atoms with E-state index in [-0.39, 0.29) is 34.6 Å². The summed E-state index contributed by atoms with van der Waals surface area (Å²) in [6.07, 6.45) is 4.25. The van der Waals surface area contributed by atoms with Crippen molar-refractivity contribution in [1.82, 2.24) is 0 Å². The maximum absolute atomic E-state index is 11.7. The number of nitro benzene ring substituents is 4. The summed E-state index contributed by atoms with van der Waals surface area (Å²) in [5, 5.41) is 55.0. The Balaban J connectivity index is 0.000000190. The predicted molar refractivity (Wildman–Crippen MR) is 305 cm³/mol. The van der Waals surface area contributed by atoms with Crippen LogP contribution < -0.4 is 10.9 Å². The van der Waals surface area contributed by atoms with Gasteiger partial charge in [-0.2, -0.15) is 10.2 Å². The summed E-state index contributed by atoms with van der Waals surface area (Å²) in [7, 11) is 0. The van der Waals surface area contributed by atoms with E-state index < -0.39 is 31.1 Å². The van der Waals surface area contributed by atoms with Crippen LogP contribution in [0.4, 0.5) is 34.1 Å². The Hall–Kier alpha value is -10.2. The Kier molecular flexibility index (Phi) is 16.8. The second-order valence-electron chi connectivity index (χ2n) is 18.8. The minimum atomic E-state index is -0.652. The molecule has 16 heteroatoms. The fraction of sp³-hybridized carbons (Fsp3) is 0.129. The Morgan fingerprint density at radius 3 is 1.04 bits per heavy atom. The summed E-state index contributed by atoms with van der Waals surface area (Å²) < 4.78 is 0. The molecule has 2 fully saturated rings. The van der Waals surface area contributed by atoms with Crippen molar-refractivity contribution in [1.29, 1.82) is 0 Å². The highest BCUT2D eigenvalue weighted by atomic mass is 16.6. The molecular formula is C62H52N8O8. The van der Waals surface area contributed by atoms with E-state index in [9.17, 15) is 40.5 Å². The monoisotopic (exact) mass is 1040 g/mol. The number of nitro groups is 4. The van der Waals surface area contributed by atoms with Crippen molar-refractivity contribution in [2.75, 3.05) is 10.9 Å². The molecule has 0 aromatic heterocycles. The fourth-order valence-corrected chi connectivity index (χ4v) is 9.99. The van der Waals surface area contributed by atoms with Crippen molar-refractivity contribution in [3.63, 3.8) is 0 Å². The molecule has 0 heterocycles. The van der Waals surface area contributed by atoms with Gasteiger partial charge in [-0.25, -0.2) is 0 Å². The largest absolute Gasteiger partial charge is 0.301 e. The maximum Gasteiger partial charge on any atom is 0.301 e. The molecule has 78 heavy (non-hydrogen) atoms. The van der Waals surface area contributed by atoms with Crippen LogP contribution >= 0.6 is 0 Å². The van der Waals surface area contributed by atoms with Crippen molar-refractivity contribution in [2.45, 2.75) is 50.4 Å². The number of hydrogen-bond acceptors (Lipinski definition) is 12. The summed E-state index contributed by atoms with van der Waals surface area (Å²) in [5.74, 6) is 0.395. The minimum absolute atomic E-state index is 0.102. The predicted octanol–water partition coefficient (Wildman–Crippen LogP) is 15.1. The summed E-state index contributed by atoms with van der Waals surface area (Å²) in [5.41, 5.74) is 17.5. The Morgan fingerprint density at radius 1 is 0.397 bits per heavy atom. The summed E-state index contributed by atoms with van der Waals surface area (Å²) in [6.45, 7) is 0. The quantitative estimate of drug-likeness (QED) is 0.0688. The summed E-state index contributed by atoms with van der Waals surface area (Å²) >= 11 is 0. The first-order valence-corrected chi connectivity index (χ1v) is 25.2. The van der Waals surface area contributed by atoms with Crippen LogP contribution in [0.3, 0.4) is 0 Å². The number of hydrogen-bond donors (Lipinski definition) is 2. The Labute approximate surface area is 449 Å². The van der Waals surface area contributed by atoms with E-state index in [4.69, 9.17) is 10.2 Å². The van der Waals surface area contributed by atoms with Crippen molar-refractivity contribution in [3.05, 3.63) is 303 Å². The number of nitrogens with zero attached hydrogens (tertiary/aromatic N) is 6. The first kappa shape index (κ1) is 52.6. The molecular weight excluding hydrogens is 985 g/mol. The molecule has 10 rings (SSSR count). The number of allylic oxidation sites excluding steroid dienone is 4. The molecule has 0 bridgehead atoms. The lowest BCUT2D eigenvalue weighted by Crippen LogP contribution is -2.05.